The van der Waals surface area contributed by atoms with Gasteiger partial charge in [0.15, 0.2) is 0 Å². The summed E-state index contributed by atoms with van der Waals surface area (Å²) in [5.41, 5.74) is 0. The first-order valence-electron chi connectivity index (χ1n) is 4.02. The summed E-state index contributed by atoms with van der Waals surface area (Å²) >= 11 is 0. The van der Waals surface area contributed by atoms with Gasteiger partial charge in [-0.2, -0.15) is 0 Å². The molecule has 0 aliphatic carbocycles. The van der Waals surface area contributed by atoms with E-state index in [9.17, 15) is 0 Å². The summed E-state index contributed by atoms with van der Waals surface area (Å²) in [6.07, 6.45) is 0. The standard InChI is InChI=1S/C8H8N4O2/c1-5-3-7(11-13-5)9-10-8-4-6(2)14-12-8/h3-4H,1-2H3. The van der Waals surface area contributed by atoms with Crippen LogP contribution >= 0.6 is 0 Å². The van der Waals surface area contributed by atoms with Gasteiger partial charge >= 0.3 is 0 Å². The second-order valence-electron chi connectivity index (χ2n) is 2.79. The van der Waals surface area contributed by atoms with Crippen LogP contribution in [0.25, 0.3) is 0 Å². The number of hydrogen-bond donors (Lipinski definition) is 0. The summed E-state index contributed by atoms with van der Waals surface area (Å²) in [5.74, 6) is 2.22. The van der Waals surface area contributed by atoms with Gasteiger partial charge in [-0.3, -0.25) is 0 Å². The van der Waals surface area contributed by atoms with Crippen LogP contribution in [-0.4, -0.2) is 10.3 Å². The molecule has 0 amide bonds. The van der Waals surface area contributed by atoms with Crippen molar-refractivity contribution in [2.75, 3.05) is 0 Å². The molecule has 0 bridgehead atoms. The molecule has 2 heterocycles. The van der Waals surface area contributed by atoms with Crippen molar-refractivity contribution in [1.82, 2.24) is 10.3 Å². The summed E-state index contributed by atoms with van der Waals surface area (Å²) in [6, 6.07) is 3.35. The number of nitrogens with zero attached hydrogens (tertiary/aromatic N) is 4. The number of aryl methyl sites for hydroxylation is 2. The molecule has 0 aliphatic rings. The van der Waals surface area contributed by atoms with Crippen molar-refractivity contribution in [3.05, 3.63) is 23.7 Å². The summed E-state index contributed by atoms with van der Waals surface area (Å²) < 4.78 is 9.62. The van der Waals surface area contributed by atoms with Crippen molar-refractivity contribution in [3.63, 3.8) is 0 Å². The van der Waals surface area contributed by atoms with Crippen LogP contribution < -0.4 is 0 Å². The first kappa shape index (κ1) is 8.61. The van der Waals surface area contributed by atoms with Crippen molar-refractivity contribution in [2.45, 2.75) is 13.8 Å². The summed E-state index contributed by atoms with van der Waals surface area (Å²) in [6.45, 7) is 3.57. The smallest absolute Gasteiger partial charge is 0.217 e. The SMILES string of the molecule is Cc1cc(N=Nc2cc(C)on2)no1. The van der Waals surface area contributed by atoms with Gasteiger partial charge < -0.3 is 9.05 Å². The molecule has 0 saturated carbocycles. The number of azo groups is 1. The van der Waals surface area contributed by atoms with Crippen LogP contribution in [0.4, 0.5) is 11.6 Å². The Kier molecular flexibility index (Phi) is 2.10. The van der Waals surface area contributed by atoms with Gasteiger partial charge in [0.25, 0.3) is 0 Å². The third-order valence-corrected chi connectivity index (χ3v) is 1.49. The van der Waals surface area contributed by atoms with E-state index >= 15 is 0 Å². The molecule has 0 unspecified atom stereocenters. The first-order valence-corrected chi connectivity index (χ1v) is 4.02. The summed E-state index contributed by atoms with van der Waals surface area (Å²) in [4.78, 5) is 0. The van der Waals surface area contributed by atoms with E-state index < -0.39 is 0 Å². The van der Waals surface area contributed by atoms with Crippen LogP contribution in [0.3, 0.4) is 0 Å². The van der Waals surface area contributed by atoms with Gasteiger partial charge in [0.05, 0.1) is 0 Å². The van der Waals surface area contributed by atoms with Gasteiger partial charge in [0, 0.05) is 12.1 Å². The van der Waals surface area contributed by atoms with E-state index in [-0.39, 0.29) is 0 Å². The Morgan fingerprint density at radius 2 is 1.36 bits per heavy atom. The van der Waals surface area contributed by atoms with Gasteiger partial charge in [0.2, 0.25) is 11.6 Å². The van der Waals surface area contributed by atoms with E-state index in [0.717, 1.165) is 0 Å². The summed E-state index contributed by atoms with van der Waals surface area (Å²) in [7, 11) is 0. The maximum absolute atomic E-state index is 4.81. The molecule has 72 valence electrons. The van der Waals surface area contributed by atoms with Crippen LogP contribution in [0.5, 0.6) is 0 Å². The Hall–Kier alpha value is -1.98. The lowest BCUT2D eigenvalue weighted by Crippen LogP contribution is -1.60. The third-order valence-electron chi connectivity index (χ3n) is 1.49. The van der Waals surface area contributed by atoms with E-state index in [1.54, 1.807) is 26.0 Å². The molecular formula is C8H8N4O2. The van der Waals surface area contributed by atoms with Gasteiger partial charge in [0.1, 0.15) is 11.5 Å². The van der Waals surface area contributed by atoms with Crippen LogP contribution in [0.15, 0.2) is 31.4 Å². The predicted octanol–water partition coefficient (Wildman–Crippen LogP) is 2.69. The lowest BCUT2D eigenvalue weighted by Gasteiger charge is -1.77. The Bertz CT molecular complexity index is 415. The van der Waals surface area contributed by atoms with Crippen LogP contribution in [0.1, 0.15) is 11.5 Å². The highest BCUT2D eigenvalue weighted by atomic mass is 16.5. The van der Waals surface area contributed by atoms with E-state index in [0.29, 0.717) is 23.2 Å². The highest BCUT2D eigenvalue weighted by Gasteiger charge is 1.99. The van der Waals surface area contributed by atoms with Crippen LogP contribution in [0.2, 0.25) is 0 Å². The molecule has 0 spiro atoms. The lowest BCUT2D eigenvalue weighted by atomic mass is 10.5. The third kappa shape index (κ3) is 1.85. The molecule has 6 heteroatoms. The van der Waals surface area contributed by atoms with E-state index in [1.807, 2.05) is 0 Å². The second-order valence-corrected chi connectivity index (χ2v) is 2.79. The Morgan fingerprint density at radius 3 is 1.64 bits per heavy atom. The average Bonchev–Trinajstić information content (AvgIpc) is 2.72. The Balaban J connectivity index is 2.14. The molecular weight excluding hydrogens is 184 g/mol. The van der Waals surface area contributed by atoms with Crippen LogP contribution in [-0.2, 0) is 0 Å². The van der Waals surface area contributed by atoms with Crippen molar-refractivity contribution in [1.29, 1.82) is 0 Å². The predicted molar refractivity (Wildman–Crippen MR) is 46.7 cm³/mol. The molecule has 0 saturated heterocycles. The molecule has 2 aromatic rings. The van der Waals surface area contributed by atoms with Gasteiger partial charge in [-0.15, -0.1) is 10.2 Å². The Morgan fingerprint density at radius 1 is 0.929 bits per heavy atom. The number of aromatic nitrogens is 2. The minimum atomic E-state index is 0.420. The van der Waals surface area contributed by atoms with Crippen molar-refractivity contribution in [2.24, 2.45) is 10.2 Å². The zero-order chi connectivity index (χ0) is 9.97. The van der Waals surface area contributed by atoms with Crippen molar-refractivity contribution < 1.29 is 9.05 Å². The second kappa shape index (κ2) is 3.41. The number of rotatable bonds is 2. The van der Waals surface area contributed by atoms with E-state index in [4.69, 9.17) is 9.05 Å². The fraction of sp³-hybridized carbons (Fsp3) is 0.250. The monoisotopic (exact) mass is 192 g/mol. The highest BCUT2D eigenvalue weighted by Crippen LogP contribution is 2.16. The topological polar surface area (TPSA) is 76.8 Å². The van der Waals surface area contributed by atoms with E-state index in [2.05, 4.69) is 20.5 Å². The van der Waals surface area contributed by atoms with Gasteiger partial charge in [-0.1, -0.05) is 10.3 Å². The molecule has 0 fully saturated rings. The molecule has 0 aromatic carbocycles. The van der Waals surface area contributed by atoms with Crippen molar-refractivity contribution in [3.8, 4) is 0 Å². The largest absolute Gasteiger partial charge is 0.359 e. The summed E-state index contributed by atoms with van der Waals surface area (Å²) in [5, 5.41) is 14.9. The molecule has 6 nitrogen and oxygen atoms in total. The fourth-order valence-electron chi connectivity index (χ4n) is 0.903. The average molecular weight is 192 g/mol. The maximum atomic E-state index is 4.81. The van der Waals surface area contributed by atoms with Gasteiger partial charge in [-0.25, -0.2) is 0 Å². The van der Waals surface area contributed by atoms with Gasteiger partial charge in [-0.05, 0) is 13.8 Å². The minimum Gasteiger partial charge on any atom is -0.359 e. The van der Waals surface area contributed by atoms with E-state index in [1.165, 1.54) is 0 Å². The number of hydrogen-bond acceptors (Lipinski definition) is 6. The van der Waals surface area contributed by atoms with Crippen molar-refractivity contribution >= 4 is 11.6 Å². The quantitative estimate of drug-likeness (QED) is 0.685. The zero-order valence-corrected chi connectivity index (χ0v) is 7.76. The normalized spacial score (nSPS) is 11.3. The highest BCUT2D eigenvalue weighted by molar-refractivity contribution is 5.28. The molecule has 0 atom stereocenters. The molecule has 0 N–H and O–H groups in total. The maximum Gasteiger partial charge on any atom is 0.217 e. The molecule has 2 rings (SSSR count). The minimum absolute atomic E-state index is 0.420. The van der Waals surface area contributed by atoms with Crippen LogP contribution in [0, 0.1) is 13.8 Å². The molecule has 14 heavy (non-hydrogen) atoms. The molecule has 0 aliphatic heterocycles. The lowest BCUT2D eigenvalue weighted by molar-refractivity contribution is 0.397. The molecule has 0 radical (unpaired) electrons. The molecule has 2 aromatic heterocycles. The zero-order valence-electron chi connectivity index (χ0n) is 7.76. The fourth-order valence-corrected chi connectivity index (χ4v) is 0.903. The first-order chi connectivity index (χ1) is 6.74. The Labute approximate surface area is 79.6 Å².